The molecule has 0 radical (unpaired) electrons. The van der Waals surface area contributed by atoms with Crippen molar-refractivity contribution in [2.24, 2.45) is 0 Å². The molecule has 3 aromatic rings. The minimum Gasteiger partial charge on any atom is -0.392 e. The lowest BCUT2D eigenvalue weighted by atomic mass is 10.1. The first-order chi connectivity index (χ1) is 11.7. The van der Waals surface area contributed by atoms with Crippen molar-refractivity contribution in [2.75, 3.05) is 17.6 Å². The van der Waals surface area contributed by atoms with Gasteiger partial charge in [-0.1, -0.05) is 37.6 Å². The lowest BCUT2D eigenvalue weighted by Gasteiger charge is -2.10. The molecule has 0 aliphatic rings. The van der Waals surface area contributed by atoms with Crippen LogP contribution in [0.3, 0.4) is 0 Å². The van der Waals surface area contributed by atoms with Crippen LogP contribution < -0.4 is 11.1 Å². The zero-order valence-corrected chi connectivity index (χ0v) is 13.7. The normalized spacial score (nSPS) is 11.1. The van der Waals surface area contributed by atoms with E-state index in [9.17, 15) is 0 Å². The third kappa shape index (κ3) is 3.46. The number of aromatic nitrogens is 4. The van der Waals surface area contributed by atoms with Crippen molar-refractivity contribution in [3.63, 3.8) is 0 Å². The topological polar surface area (TPSA) is 102 Å². The SMILES string of the molecule is CCCCNc1nc(N)nc2ncn(Cc3ccc(CO)cc3)c12. The molecule has 7 nitrogen and oxygen atoms in total. The second kappa shape index (κ2) is 7.27. The van der Waals surface area contributed by atoms with E-state index in [2.05, 4.69) is 27.2 Å². The quantitative estimate of drug-likeness (QED) is 0.575. The first-order valence-electron chi connectivity index (χ1n) is 8.12. The molecule has 0 aliphatic carbocycles. The van der Waals surface area contributed by atoms with Crippen molar-refractivity contribution >= 4 is 22.9 Å². The highest BCUT2D eigenvalue weighted by Crippen LogP contribution is 2.22. The van der Waals surface area contributed by atoms with Crippen LogP contribution in [-0.2, 0) is 13.2 Å². The number of nitrogen functional groups attached to an aromatic ring is 1. The number of hydrogen-bond acceptors (Lipinski definition) is 6. The maximum absolute atomic E-state index is 9.14. The van der Waals surface area contributed by atoms with E-state index in [1.165, 1.54) is 0 Å². The van der Waals surface area contributed by atoms with E-state index >= 15 is 0 Å². The standard InChI is InChI=1S/C17H22N6O/c1-2-3-8-19-15-14-16(22-17(18)21-15)20-11-23(14)9-12-4-6-13(10-24)7-5-12/h4-7,11,24H,2-3,8-10H2,1H3,(H3,18,19,21,22). The Hall–Kier alpha value is -2.67. The van der Waals surface area contributed by atoms with Gasteiger partial charge in [0.15, 0.2) is 11.5 Å². The maximum atomic E-state index is 9.14. The Morgan fingerprint density at radius 2 is 1.92 bits per heavy atom. The second-order valence-corrected chi connectivity index (χ2v) is 5.73. The van der Waals surface area contributed by atoms with E-state index in [1.807, 2.05) is 28.8 Å². The number of benzene rings is 1. The van der Waals surface area contributed by atoms with Crippen LogP contribution in [0.4, 0.5) is 11.8 Å². The van der Waals surface area contributed by atoms with Gasteiger partial charge in [-0.2, -0.15) is 9.97 Å². The molecule has 4 N–H and O–H groups in total. The summed E-state index contributed by atoms with van der Waals surface area (Å²) in [5, 5.41) is 12.5. The zero-order valence-electron chi connectivity index (χ0n) is 13.7. The van der Waals surface area contributed by atoms with E-state index < -0.39 is 0 Å². The number of unbranched alkanes of at least 4 members (excludes halogenated alkanes) is 1. The third-order valence-electron chi connectivity index (χ3n) is 3.87. The van der Waals surface area contributed by atoms with Gasteiger partial charge in [0, 0.05) is 13.1 Å². The van der Waals surface area contributed by atoms with Crippen LogP contribution in [0, 0.1) is 0 Å². The number of anilines is 2. The average molecular weight is 326 g/mol. The molecular weight excluding hydrogens is 304 g/mol. The summed E-state index contributed by atoms with van der Waals surface area (Å²) in [6.07, 6.45) is 3.92. The van der Waals surface area contributed by atoms with Crippen molar-refractivity contribution in [1.29, 1.82) is 0 Å². The van der Waals surface area contributed by atoms with Crippen molar-refractivity contribution in [1.82, 2.24) is 19.5 Å². The van der Waals surface area contributed by atoms with Gasteiger partial charge < -0.3 is 20.7 Å². The fourth-order valence-electron chi connectivity index (χ4n) is 2.57. The molecule has 0 spiro atoms. The lowest BCUT2D eigenvalue weighted by molar-refractivity contribution is 0.282. The van der Waals surface area contributed by atoms with Crippen LogP contribution in [0.5, 0.6) is 0 Å². The second-order valence-electron chi connectivity index (χ2n) is 5.73. The molecule has 2 heterocycles. The first-order valence-corrected chi connectivity index (χ1v) is 8.12. The van der Waals surface area contributed by atoms with E-state index in [0.29, 0.717) is 12.2 Å². The Kier molecular flexibility index (Phi) is 4.90. The number of fused-ring (bicyclic) bond motifs is 1. The molecule has 2 aromatic heterocycles. The Labute approximate surface area is 140 Å². The van der Waals surface area contributed by atoms with Crippen molar-refractivity contribution < 1.29 is 5.11 Å². The highest BCUT2D eigenvalue weighted by molar-refractivity contribution is 5.84. The number of imidazole rings is 1. The number of hydrogen-bond donors (Lipinski definition) is 3. The summed E-state index contributed by atoms with van der Waals surface area (Å²) in [5.74, 6) is 0.939. The third-order valence-corrected chi connectivity index (χ3v) is 3.87. The van der Waals surface area contributed by atoms with Gasteiger partial charge in [0.1, 0.15) is 5.52 Å². The van der Waals surface area contributed by atoms with Crippen LogP contribution in [-0.4, -0.2) is 31.2 Å². The molecule has 7 heteroatoms. The minimum absolute atomic E-state index is 0.0485. The fourth-order valence-corrected chi connectivity index (χ4v) is 2.57. The van der Waals surface area contributed by atoms with Crippen LogP contribution in [0.15, 0.2) is 30.6 Å². The number of nitrogens with one attached hydrogen (secondary N) is 1. The molecule has 1 aromatic carbocycles. The van der Waals surface area contributed by atoms with Gasteiger partial charge in [0.05, 0.1) is 12.9 Å². The largest absolute Gasteiger partial charge is 0.392 e. The smallest absolute Gasteiger partial charge is 0.224 e. The van der Waals surface area contributed by atoms with Crippen molar-refractivity contribution in [3.05, 3.63) is 41.7 Å². The molecule has 0 unspecified atom stereocenters. The number of aliphatic hydroxyl groups excluding tert-OH is 1. The van der Waals surface area contributed by atoms with Crippen molar-refractivity contribution in [2.45, 2.75) is 32.9 Å². The highest BCUT2D eigenvalue weighted by atomic mass is 16.3. The Morgan fingerprint density at radius 1 is 1.17 bits per heavy atom. The predicted molar refractivity (Wildman–Crippen MR) is 94.6 cm³/mol. The van der Waals surface area contributed by atoms with Crippen LogP contribution in [0.2, 0.25) is 0 Å². The summed E-state index contributed by atoms with van der Waals surface area (Å²) < 4.78 is 2.01. The van der Waals surface area contributed by atoms with E-state index in [4.69, 9.17) is 10.8 Å². The van der Waals surface area contributed by atoms with Gasteiger partial charge in [-0.15, -0.1) is 0 Å². The molecule has 0 fully saturated rings. The van der Waals surface area contributed by atoms with E-state index in [0.717, 1.165) is 41.8 Å². The monoisotopic (exact) mass is 326 g/mol. The van der Waals surface area contributed by atoms with Crippen LogP contribution >= 0.6 is 0 Å². The molecular formula is C17H22N6O. The van der Waals surface area contributed by atoms with Gasteiger partial charge in [-0.25, -0.2) is 4.98 Å². The summed E-state index contributed by atoms with van der Waals surface area (Å²) in [5.41, 5.74) is 9.24. The van der Waals surface area contributed by atoms with Gasteiger partial charge in [0.25, 0.3) is 0 Å². The molecule has 0 saturated heterocycles. The summed E-state index contributed by atoms with van der Waals surface area (Å²) in [6.45, 7) is 3.68. The zero-order chi connectivity index (χ0) is 16.9. The summed E-state index contributed by atoms with van der Waals surface area (Å²) in [7, 11) is 0. The minimum atomic E-state index is 0.0485. The van der Waals surface area contributed by atoms with Gasteiger partial charge in [-0.3, -0.25) is 0 Å². The summed E-state index contributed by atoms with van der Waals surface area (Å²) >= 11 is 0. The van der Waals surface area contributed by atoms with Crippen LogP contribution in [0.1, 0.15) is 30.9 Å². The first kappa shape index (κ1) is 16.2. The van der Waals surface area contributed by atoms with Gasteiger partial charge >= 0.3 is 0 Å². The maximum Gasteiger partial charge on any atom is 0.224 e. The molecule has 24 heavy (non-hydrogen) atoms. The Bertz CT molecular complexity index is 812. The molecule has 0 amide bonds. The molecule has 3 rings (SSSR count). The summed E-state index contributed by atoms with van der Waals surface area (Å²) in [6, 6.07) is 7.84. The molecule has 0 bridgehead atoms. The van der Waals surface area contributed by atoms with Crippen LogP contribution in [0.25, 0.3) is 11.2 Å². The molecule has 0 atom stereocenters. The molecule has 126 valence electrons. The average Bonchev–Trinajstić information content (AvgIpc) is 2.98. The van der Waals surface area contributed by atoms with E-state index in [-0.39, 0.29) is 12.6 Å². The number of rotatable bonds is 7. The van der Waals surface area contributed by atoms with E-state index in [1.54, 1.807) is 6.33 Å². The van der Waals surface area contributed by atoms with Gasteiger partial charge in [0.2, 0.25) is 5.95 Å². The highest BCUT2D eigenvalue weighted by Gasteiger charge is 2.12. The Balaban J connectivity index is 1.92. The molecule has 0 saturated carbocycles. The summed E-state index contributed by atoms with van der Waals surface area (Å²) in [4.78, 5) is 12.9. The fraction of sp³-hybridized carbons (Fsp3) is 0.353. The lowest BCUT2D eigenvalue weighted by Crippen LogP contribution is -2.09. The number of nitrogens with two attached hydrogens (primary N) is 1. The Morgan fingerprint density at radius 3 is 2.62 bits per heavy atom. The van der Waals surface area contributed by atoms with Crippen molar-refractivity contribution in [3.8, 4) is 0 Å². The number of nitrogens with zero attached hydrogens (tertiary/aromatic N) is 4. The molecule has 0 aliphatic heterocycles. The number of aliphatic hydroxyl groups is 1. The predicted octanol–water partition coefficient (Wildman–Crippen LogP) is 2.16. The van der Waals surface area contributed by atoms with Gasteiger partial charge in [-0.05, 0) is 17.5 Å².